The molecule has 8 nitrogen and oxygen atoms in total. The normalized spacial score (nSPS) is 14.5. The van der Waals surface area contributed by atoms with Crippen LogP contribution in [-0.2, 0) is 32.6 Å². The van der Waals surface area contributed by atoms with Gasteiger partial charge in [-0.2, -0.15) is 0 Å². The summed E-state index contributed by atoms with van der Waals surface area (Å²) in [6.07, 6.45) is 5.92. The first-order valence-electron chi connectivity index (χ1n) is 14.6. The van der Waals surface area contributed by atoms with Crippen LogP contribution >= 0.6 is 0 Å². The number of aryl methyl sites for hydroxylation is 1. The molecule has 0 aromatic heterocycles. The third kappa shape index (κ3) is 7.70. The lowest BCUT2D eigenvalue weighted by atomic mass is 9.95. The van der Waals surface area contributed by atoms with Crippen molar-refractivity contribution in [1.82, 2.24) is 10.2 Å². The largest absolute Gasteiger partial charge is 0.497 e. The second-order valence-corrected chi connectivity index (χ2v) is 12.6. The molecule has 1 aliphatic rings. The minimum absolute atomic E-state index is 0.0782. The van der Waals surface area contributed by atoms with Gasteiger partial charge >= 0.3 is 0 Å². The van der Waals surface area contributed by atoms with Crippen molar-refractivity contribution in [2.24, 2.45) is 0 Å². The highest BCUT2D eigenvalue weighted by atomic mass is 32.2. The molecule has 0 unspecified atom stereocenters. The second kappa shape index (κ2) is 14.4. The summed E-state index contributed by atoms with van der Waals surface area (Å²) < 4.78 is 34.3. The van der Waals surface area contributed by atoms with Gasteiger partial charge in [-0.1, -0.05) is 68.7 Å². The van der Waals surface area contributed by atoms with E-state index in [1.807, 2.05) is 43.3 Å². The fourth-order valence-corrected chi connectivity index (χ4v) is 6.70. The minimum Gasteiger partial charge on any atom is -0.497 e. The molecule has 1 atom stereocenters. The highest BCUT2D eigenvalue weighted by Crippen LogP contribution is 2.26. The smallest absolute Gasteiger partial charge is 0.264 e. The van der Waals surface area contributed by atoms with Gasteiger partial charge < -0.3 is 15.0 Å². The highest BCUT2D eigenvalue weighted by Gasteiger charge is 2.33. The third-order valence-corrected chi connectivity index (χ3v) is 9.64. The van der Waals surface area contributed by atoms with Gasteiger partial charge in [-0.05, 0) is 73.7 Å². The highest BCUT2D eigenvalue weighted by molar-refractivity contribution is 7.92. The molecule has 3 aromatic carbocycles. The predicted octanol–water partition coefficient (Wildman–Crippen LogP) is 5.32. The van der Waals surface area contributed by atoms with E-state index in [0.29, 0.717) is 11.4 Å². The Kier molecular flexibility index (Phi) is 10.6. The van der Waals surface area contributed by atoms with Crippen LogP contribution < -0.4 is 14.4 Å². The summed E-state index contributed by atoms with van der Waals surface area (Å²) in [5, 5.41) is 3.13. The molecule has 0 spiro atoms. The number of anilines is 1. The summed E-state index contributed by atoms with van der Waals surface area (Å²) in [6.45, 7) is 3.37. The number of hydrogen-bond acceptors (Lipinski definition) is 5. The van der Waals surface area contributed by atoms with Gasteiger partial charge in [0.25, 0.3) is 10.0 Å². The molecule has 1 saturated carbocycles. The van der Waals surface area contributed by atoms with Gasteiger partial charge in [0.1, 0.15) is 18.3 Å². The van der Waals surface area contributed by atoms with Crippen LogP contribution in [0, 0.1) is 0 Å². The van der Waals surface area contributed by atoms with Crippen LogP contribution in [0.15, 0.2) is 83.8 Å². The monoisotopic (exact) mass is 591 g/mol. The van der Waals surface area contributed by atoms with Crippen molar-refractivity contribution in [1.29, 1.82) is 0 Å². The Morgan fingerprint density at radius 1 is 0.929 bits per heavy atom. The van der Waals surface area contributed by atoms with Gasteiger partial charge in [0, 0.05) is 12.6 Å². The van der Waals surface area contributed by atoms with Crippen LogP contribution in [0.2, 0.25) is 0 Å². The molecule has 0 aliphatic heterocycles. The zero-order valence-electron chi connectivity index (χ0n) is 24.7. The first-order chi connectivity index (χ1) is 20.2. The Balaban J connectivity index is 1.67. The number of benzene rings is 3. The third-order valence-electron chi connectivity index (χ3n) is 7.85. The van der Waals surface area contributed by atoms with Gasteiger partial charge in [0.2, 0.25) is 11.8 Å². The van der Waals surface area contributed by atoms with E-state index in [0.717, 1.165) is 54.0 Å². The molecular formula is C33H41N3O5S. The van der Waals surface area contributed by atoms with Crippen molar-refractivity contribution < 1.29 is 22.7 Å². The van der Waals surface area contributed by atoms with E-state index >= 15 is 0 Å². The number of carbonyl (C=O) groups is 2. The summed E-state index contributed by atoms with van der Waals surface area (Å²) >= 11 is 0. The van der Waals surface area contributed by atoms with Crippen LogP contribution in [0.4, 0.5) is 5.69 Å². The molecule has 42 heavy (non-hydrogen) atoms. The molecule has 9 heteroatoms. The van der Waals surface area contributed by atoms with Crippen molar-refractivity contribution in [3.8, 4) is 5.75 Å². The molecule has 4 rings (SSSR count). The molecule has 1 N–H and O–H groups in total. The lowest BCUT2D eigenvalue weighted by molar-refractivity contribution is -0.139. The number of nitrogens with one attached hydrogen (secondary N) is 1. The van der Waals surface area contributed by atoms with Crippen LogP contribution in [0.3, 0.4) is 0 Å². The first kappa shape index (κ1) is 31.1. The average Bonchev–Trinajstić information content (AvgIpc) is 3.03. The van der Waals surface area contributed by atoms with Crippen LogP contribution in [0.1, 0.15) is 57.1 Å². The Morgan fingerprint density at radius 2 is 1.62 bits per heavy atom. The lowest BCUT2D eigenvalue weighted by Crippen LogP contribution is -2.53. The molecule has 0 radical (unpaired) electrons. The van der Waals surface area contributed by atoms with E-state index in [-0.39, 0.29) is 23.4 Å². The Bertz CT molecular complexity index is 1440. The van der Waals surface area contributed by atoms with Gasteiger partial charge in [0.15, 0.2) is 0 Å². The number of nitrogens with zero attached hydrogens (tertiary/aromatic N) is 2. The SMILES string of the molecule is CCc1ccc(N(CC(=O)N(Cc2cccc(OC)c2)[C@H](C)C(=O)NC2CCCCC2)S(=O)(=O)c2ccccc2)cc1. The molecule has 1 fully saturated rings. The molecule has 2 amide bonds. The van der Waals surface area contributed by atoms with Crippen LogP contribution in [0.5, 0.6) is 5.75 Å². The van der Waals surface area contributed by atoms with Crippen LogP contribution in [-0.4, -0.2) is 50.9 Å². The average molecular weight is 592 g/mol. The zero-order valence-corrected chi connectivity index (χ0v) is 25.5. The topological polar surface area (TPSA) is 96.0 Å². The number of sulfonamides is 1. The van der Waals surface area contributed by atoms with E-state index < -0.39 is 28.5 Å². The Hall–Kier alpha value is -3.85. The summed E-state index contributed by atoms with van der Waals surface area (Å²) in [7, 11) is -2.52. The Morgan fingerprint density at radius 3 is 2.26 bits per heavy atom. The minimum atomic E-state index is -4.09. The van der Waals surface area contributed by atoms with Gasteiger partial charge in [-0.3, -0.25) is 13.9 Å². The predicted molar refractivity (Wildman–Crippen MR) is 165 cm³/mol. The van der Waals surface area contributed by atoms with Crippen LogP contribution in [0.25, 0.3) is 0 Å². The molecule has 0 saturated heterocycles. The number of hydrogen-bond donors (Lipinski definition) is 1. The van der Waals surface area contributed by atoms with Gasteiger partial charge in [-0.25, -0.2) is 8.42 Å². The van der Waals surface area contributed by atoms with E-state index in [1.165, 1.54) is 17.0 Å². The standard InChI is InChI=1S/C33H41N3O5S/c1-4-26-18-20-29(21-19-26)36(42(39,40)31-16-9-6-10-17-31)24-32(37)35(23-27-12-11-15-30(22-27)41-3)25(2)33(38)34-28-13-7-5-8-14-28/h6,9-12,15-22,25,28H,4-5,7-8,13-14,23-24H2,1-3H3,(H,34,38)/t25-/m1/s1. The van der Waals surface area contributed by atoms with Crippen molar-refractivity contribution in [2.75, 3.05) is 18.0 Å². The number of amides is 2. The Labute approximate surface area is 249 Å². The van der Waals surface area contributed by atoms with Crippen molar-refractivity contribution in [2.45, 2.75) is 75.9 Å². The molecular weight excluding hydrogens is 550 g/mol. The number of carbonyl (C=O) groups excluding carboxylic acids is 2. The molecule has 3 aromatic rings. The molecule has 0 bridgehead atoms. The maximum Gasteiger partial charge on any atom is 0.264 e. The van der Waals surface area contributed by atoms with E-state index in [9.17, 15) is 18.0 Å². The van der Waals surface area contributed by atoms with Gasteiger partial charge in [0.05, 0.1) is 17.7 Å². The quantitative estimate of drug-likeness (QED) is 0.308. The maximum absolute atomic E-state index is 14.1. The maximum atomic E-state index is 14.1. The fraction of sp³-hybridized carbons (Fsp3) is 0.394. The molecule has 1 aliphatic carbocycles. The zero-order chi connectivity index (χ0) is 30.1. The first-order valence-corrected chi connectivity index (χ1v) is 16.1. The molecule has 0 heterocycles. The van der Waals surface area contributed by atoms with E-state index in [4.69, 9.17) is 4.74 Å². The summed E-state index contributed by atoms with van der Waals surface area (Å²) in [5.41, 5.74) is 2.20. The number of ether oxygens (including phenoxy) is 1. The summed E-state index contributed by atoms with van der Waals surface area (Å²) in [4.78, 5) is 29.1. The number of methoxy groups -OCH3 is 1. The van der Waals surface area contributed by atoms with Crippen molar-refractivity contribution in [3.05, 3.63) is 90.0 Å². The lowest BCUT2D eigenvalue weighted by Gasteiger charge is -2.33. The molecule has 224 valence electrons. The fourth-order valence-electron chi connectivity index (χ4n) is 5.27. The summed E-state index contributed by atoms with van der Waals surface area (Å²) in [6, 6.07) is 21.8. The summed E-state index contributed by atoms with van der Waals surface area (Å²) in [5.74, 6) is -0.102. The van der Waals surface area contributed by atoms with E-state index in [2.05, 4.69) is 5.32 Å². The van der Waals surface area contributed by atoms with Crippen molar-refractivity contribution >= 4 is 27.5 Å². The van der Waals surface area contributed by atoms with Crippen molar-refractivity contribution in [3.63, 3.8) is 0 Å². The van der Waals surface area contributed by atoms with E-state index in [1.54, 1.807) is 44.4 Å². The second-order valence-electron chi connectivity index (χ2n) is 10.7. The number of rotatable bonds is 12. The van der Waals surface area contributed by atoms with Gasteiger partial charge in [-0.15, -0.1) is 0 Å².